The Labute approximate surface area is 147 Å². The molecule has 0 aliphatic rings. The standard InChI is InChI=1S/C19H23N3O3/c1-14(18(23)22-16-9-4-3-5-10-16)21-19(24)20-13-12-15-8-6-7-11-17(15)25-2/h3-11,14H,12-13H2,1-2H3,(H,22,23)(H2,20,21,24)/t14-/m0/s1. The molecule has 0 heterocycles. The lowest BCUT2D eigenvalue weighted by Crippen LogP contribution is -2.46. The molecule has 2 rings (SSSR count). The molecule has 0 saturated carbocycles. The summed E-state index contributed by atoms with van der Waals surface area (Å²) in [6, 6.07) is 15.7. The van der Waals surface area contributed by atoms with E-state index in [0.717, 1.165) is 11.3 Å². The van der Waals surface area contributed by atoms with Gasteiger partial charge in [0.1, 0.15) is 11.8 Å². The van der Waals surface area contributed by atoms with Crippen molar-refractivity contribution in [3.05, 3.63) is 60.2 Å². The monoisotopic (exact) mass is 341 g/mol. The van der Waals surface area contributed by atoms with Gasteiger partial charge in [-0.25, -0.2) is 4.79 Å². The largest absolute Gasteiger partial charge is 0.496 e. The number of ether oxygens (including phenoxy) is 1. The maximum Gasteiger partial charge on any atom is 0.315 e. The molecule has 3 amide bonds. The molecule has 0 unspecified atom stereocenters. The van der Waals surface area contributed by atoms with Crippen LogP contribution < -0.4 is 20.7 Å². The maximum atomic E-state index is 12.1. The van der Waals surface area contributed by atoms with Crippen LogP contribution in [0, 0.1) is 0 Å². The van der Waals surface area contributed by atoms with E-state index in [2.05, 4.69) is 16.0 Å². The normalized spacial score (nSPS) is 11.3. The Morgan fingerprint density at radius 3 is 2.44 bits per heavy atom. The molecule has 0 spiro atoms. The number of benzene rings is 2. The zero-order valence-corrected chi connectivity index (χ0v) is 14.4. The second kappa shape index (κ2) is 9.32. The van der Waals surface area contributed by atoms with E-state index in [-0.39, 0.29) is 11.9 Å². The summed E-state index contributed by atoms with van der Waals surface area (Å²) in [4.78, 5) is 24.0. The van der Waals surface area contributed by atoms with Crippen LogP contribution in [0.4, 0.5) is 10.5 Å². The van der Waals surface area contributed by atoms with E-state index in [4.69, 9.17) is 4.74 Å². The predicted molar refractivity (Wildman–Crippen MR) is 97.8 cm³/mol. The summed E-state index contributed by atoms with van der Waals surface area (Å²) in [6.45, 7) is 2.08. The van der Waals surface area contributed by atoms with Gasteiger partial charge in [-0.2, -0.15) is 0 Å². The van der Waals surface area contributed by atoms with Crippen LogP contribution in [0.5, 0.6) is 5.75 Å². The first-order valence-corrected chi connectivity index (χ1v) is 8.12. The smallest absolute Gasteiger partial charge is 0.315 e. The molecular weight excluding hydrogens is 318 g/mol. The summed E-state index contributed by atoms with van der Waals surface area (Å²) in [7, 11) is 1.62. The summed E-state index contributed by atoms with van der Waals surface area (Å²) < 4.78 is 5.27. The van der Waals surface area contributed by atoms with Crippen molar-refractivity contribution in [1.29, 1.82) is 0 Å². The van der Waals surface area contributed by atoms with Crippen LogP contribution in [0.25, 0.3) is 0 Å². The molecule has 0 bridgehead atoms. The molecule has 2 aromatic rings. The lowest BCUT2D eigenvalue weighted by Gasteiger charge is -2.15. The molecule has 6 heteroatoms. The molecule has 0 fully saturated rings. The Bertz CT molecular complexity index is 704. The molecule has 0 aliphatic heterocycles. The Morgan fingerprint density at radius 1 is 1.04 bits per heavy atom. The van der Waals surface area contributed by atoms with Crippen molar-refractivity contribution in [2.75, 3.05) is 19.0 Å². The van der Waals surface area contributed by atoms with Crippen LogP contribution >= 0.6 is 0 Å². The number of carbonyl (C=O) groups is 2. The van der Waals surface area contributed by atoms with Crippen molar-refractivity contribution >= 4 is 17.6 Å². The SMILES string of the molecule is COc1ccccc1CCNC(=O)N[C@@H](C)C(=O)Nc1ccccc1. The zero-order chi connectivity index (χ0) is 18.1. The van der Waals surface area contributed by atoms with Crippen LogP contribution in [-0.2, 0) is 11.2 Å². The molecule has 132 valence electrons. The van der Waals surface area contributed by atoms with Gasteiger partial charge >= 0.3 is 6.03 Å². The van der Waals surface area contributed by atoms with E-state index in [0.29, 0.717) is 18.7 Å². The third-order valence-electron chi connectivity index (χ3n) is 3.65. The van der Waals surface area contributed by atoms with Crippen molar-refractivity contribution < 1.29 is 14.3 Å². The molecular formula is C19H23N3O3. The molecule has 1 atom stereocenters. The minimum atomic E-state index is -0.647. The predicted octanol–water partition coefficient (Wildman–Crippen LogP) is 2.56. The highest BCUT2D eigenvalue weighted by Gasteiger charge is 2.15. The number of nitrogens with one attached hydrogen (secondary N) is 3. The number of para-hydroxylation sites is 2. The Morgan fingerprint density at radius 2 is 1.72 bits per heavy atom. The highest BCUT2D eigenvalue weighted by atomic mass is 16.5. The summed E-state index contributed by atoms with van der Waals surface area (Å²) in [6.07, 6.45) is 0.641. The van der Waals surface area contributed by atoms with Gasteiger partial charge in [0.2, 0.25) is 5.91 Å². The van der Waals surface area contributed by atoms with E-state index in [1.165, 1.54) is 0 Å². The molecule has 2 aromatic carbocycles. The van der Waals surface area contributed by atoms with Crippen LogP contribution in [0.2, 0.25) is 0 Å². The summed E-state index contributed by atoms with van der Waals surface area (Å²) in [5, 5.41) is 8.11. The van der Waals surface area contributed by atoms with Crippen LogP contribution in [0.15, 0.2) is 54.6 Å². The van der Waals surface area contributed by atoms with E-state index >= 15 is 0 Å². The maximum absolute atomic E-state index is 12.1. The van der Waals surface area contributed by atoms with Crippen molar-refractivity contribution in [3.63, 3.8) is 0 Å². The Kier molecular flexibility index (Phi) is 6.83. The first kappa shape index (κ1) is 18.3. The number of urea groups is 1. The lowest BCUT2D eigenvalue weighted by molar-refractivity contribution is -0.117. The van der Waals surface area contributed by atoms with E-state index < -0.39 is 6.04 Å². The molecule has 0 saturated heterocycles. The van der Waals surface area contributed by atoms with Crippen LogP contribution in [-0.4, -0.2) is 31.6 Å². The molecule has 25 heavy (non-hydrogen) atoms. The second-order valence-corrected chi connectivity index (χ2v) is 5.54. The molecule has 6 nitrogen and oxygen atoms in total. The Balaban J connectivity index is 1.75. The van der Waals surface area contributed by atoms with Gasteiger partial charge in [0, 0.05) is 12.2 Å². The number of carbonyl (C=O) groups excluding carboxylic acids is 2. The molecule has 0 aromatic heterocycles. The van der Waals surface area contributed by atoms with E-state index in [9.17, 15) is 9.59 Å². The Hall–Kier alpha value is -3.02. The highest BCUT2D eigenvalue weighted by molar-refractivity contribution is 5.96. The molecule has 0 aliphatic carbocycles. The third kappa shape index (κ3) is 5.84. The van der Waals surface area contributed by atoms with Crippen LogP contribution in [0.1, 0.15) is 12.5 Å². The van der Waals surface area contributed by atoms with E-state index in [1.807, 2.05) is 42.5 Å². The fourth-order valence-corrected chi connectivity index (χ4v) is 2.31. The van der Waals surface area contributed by atoms with Crippen LogP contribution in [0.3, 0.4) is 0 Å². The minimum absolute atomic E-state index is 0.272. The number of anilines is 1. The van der Waals surface area contributed by atoms with Crippen molar-refractivity contribution in [2.24, 2.45) is 0 Å². The number of amides is 3. The van der Waals surface area contributed by atoms with Crippen molar-refractivity contribution in [3.8, 4) is 5.75 Å². The fraction of sp³-hybridized carbons (Fsp3) is 0.263. The van der Waals surface area contributed by atoms with Gasteiger partial charge in [0.15, 0.2) is 0 Å². The fourth-order valence-electron chi connectivity index (χ4n) is 2.31. The third-order valence-corrected chi connectivity index (χ3v) is 3.65. The summed E-state index contributed by atoms with van der Waals surface area (Å²) in [5.74, 6) is 0.520. The van der Waals surface area contributed by atoms with Gasteiger partial charge in [-0.15, -0.1) is 0 Å². The van der Waals surface area contributed by atoms with E-state index in [1.54, 1.807) is 26.2 Å². The van der Waals surface area contributed by atoms with Gasteiger partial charge in [-0.3, -0.25) is 4.79 Å². The van der Waals surface area contributed by atoms with Gasteiger partial charge in [-0.05, 0) is 37.1 Å². The van der Waals surface area contributed by atoms with Gasteiger partial charge < -0.3 is 20.7 Å². The number of methoxy groups -OCH3 is 1. The first-order valence-electron chi connectivity index (χ1n) is 8.12. The summed E-state index contributed by atoms with van der Waals surface area (Å²) >= 11 is 0. The van der Waals surface area contributed by atoms with Gasteiger partial charge in [0.25, 0.3) is 0 Å². The molecule has 3 N–H and O–H groups in total. The number of hydrogen-bond acceptors (Lipinski definition) is 3. The topological polar surface area (TPSA) is 79.5 Å². The number of hydrogen-bond donors (Lipinski definition) is 3. The second-order valence-electron chi connectivity index (χ2n) is 5.54. The minimum Gasteiger partial charge on any atom is -0.496 e. The first-order chi connectivity index (χ1) is 12.1. The van der Waals surface area contributed by atoms with Crippen molar-refractivity contribution in [1.82, 2.24) is 10.6 Å². The zero-order valence-electron chi connectivity index (χ0n) is 14.4. The highest BCUT2D eigenvalue weighted by Crippen LogP contribution is 2.17. The lowest BCUT2D eigenvalue weighted by atomic mass is 10.1. The average Bonchev–Trinajstić information content (AvgIpc) is 2.63. The van der Waals surface area contributed by atoms with Crippen molar-refractivity contribution in [2.45, 2.75) is 19.4 Å². The average molecular weight is 341 g/mol. The summed E-state index contributed by atoms with van der Waals surface area (Å²) in [5.41, 5.74) is 1.71. The van der Waals surface area contributed by atoms with Gasteiger partial charge in [0.05, 0.1) is 7.11 Å². The van der Waals surface area contributed by atoms with Gasteiger partial charge in [-0.1, -0.05) is 36.4 Å². The molecule has 0 radical (unpaired) electrons. The quantitative estimate of drug-likeness (QED) is 0.724. The number of rotatable bonds is 7.